The number of nitrogens with zero attached hydrogens (tertiary/aromatic N) is 1. The number of rotatable bonds is 2. The Bertz CT molecular complexity index is 687. The van der Waals surface area contributed by atoms with Gasteiger partial charge in [-0.15, -0.1) is 0 Å². The van der Waals surface area contributed by atoms with Crippen molar-refractivity contribution >= 4 is 11.6 Å². The predicted octanol–water partition coefficient (Wildman–Crippen LogP) is 4.09. The van der Waals surface area contributed by atoms with E-state index in [-0.39, 0.29) is 23.9 Å². The predicted molar refractivity (Wildman–Crippen MR) is 83.5 cm³/mol. The van der Waals surface area contributed by atoms with Gasteiger partial charge in [0.1, 0.15) is 17.7 Å². The first kappa shape index (κ1) is 14.6. The van der Waals surface area contributed by atoms with E-state index in [0.717, 1.165) is 17.0 Å². The maximum absolute atomic E-state index is 13.7. The van der Waals surface area contributed by atoms with Gasteiger partial charge in [-0.25, -0.2) is 4.39 Å². The van der Waals surface area contributed by atoms with Crippen LogP contribution >= 0.6 is 0 Å². The van der Waals surface area contributed by atoms with Crippen molar-refractivity contribution in [3.05, 3.63) is 59.9 Å². The highest BCUT2D eigenvalue weighted by Gasteiger charge is 2.33. The molecule has 4 heteroatoms. The lowest BCUT2D eigenvalue weighted by atomic mass is 9.93. The highest BCUT2D eigenvalue weighted by atomic mass is 19.1. The van der Waals surface area contributed by atoms with Crippen molar-refractivity contribution in [1.29, 1.82) is 0 Å². The molecule has 2 aromatic carbocycles. The molecule has 0 bridgehead atoms. The van der Waals surface area contributed by atoms with Crippen LogP contribution in [0.2, 0.25) is 0 Å². The van der Waals surface area contributed by atoms with E-state index in [1.165, 1.54) is 19.1 Å². The number of anilines is 1. The van der Waals surface area contributed by atoms with Gasteiger partial charge in [-0.2, -0.15) is 0 Å². The van der Waals surface area contributed by atoms with Crippen LogP contribution in [0.5, 0.6) is 5.75 Å². The van der Waals surface area contributed by atoms with Crippen LogP contribution in [0, 0.1) is 5.82 Å². The molecule has 0 fully saturated rings. The molecule has 3 rings (SSSR count). The summed E-state index contributed by atoms with van der Waals surface area (Å²) in [6.45, 7) is 3.51. The molecule has 0 saturated heterocycles. The van der Waals surface area contributed by atoms with Crippen LogP contribution in [0.1, 0.15) is 31.9 Å². The van der Waals surface area contributed by atoms with E-state index in [1.54, 1.807) is 11.0 Å². The topological polar surface area (TPSA) is 29.5 Å². The molecule has 22 heavy (non-hydrogen) atoms. The summed E-state index contributed by atoms with van der Waals surface area (Å²) in [4.78, 5) is 13.6. The Kier molecular flexibility index (Phi) is 3.84. The molecular formula is C18H18FNO2. The molecule has 0 saturated carbocycles. The smallest absolute Gasteiger partial charge is 0.224 e. The summed E-state index contributed by atoms with van der Waals surface area (Å²) in [6.07, 6.45) is 0.365. The van der Waals surface area contributed by atoms with Crippen LogP contribution < -0.4 is 9.64 Å². The van der Waals surface area contributed by atoms with E-state index in [4.69, 9.17) is 4.74 Å². The summed E-state index contributed by atoms with van der Waals surface area (Å²) in [6, 6.07) is 14.0. The maximum atomic E-state index is 13.7. The number of carbonyl (C=O) groups excluding carboxylic acids is 1. The molecule has 0 aromatic heterocycles. The molecule has 0 N–H and O–H groups in total. The van der Waals surface area contributed by atoms with Crippen molar-refractivity contribution in [2.24, 2.45) is 0 Å². The quantitative estimate of drug-likeness (QED) is 0.836. The highest BCUT2D eigenvalue weighted by molar-refractivity contribution is 5.93. The summed E-state index contributed by atoms with van der Waals surface area (Å²) in [7, 11) is 0. The number of halogens is 1. The normalized spacial score (nSPS) is 20.4. The number of fused-ring (bicyclic) bond motifs is 1. The first-order valence-electron chi connectivity index (χ1n) is 7.37. The molecule has 1 heterocycles. The molecule has 1 aliphatic rings. The van der Waals surface area contributed by atoms with Crippen LogP contribution in [0.15, 0.2) is 48.5 Å². The summed E-state index contributed by atoms with van der Waals surface area (Å²) in [5.74, 6) is 0.378. The summed E-state index contributed by atoms with van der Waals surface area (Å²) in [5.41, 5.74) is 1.45. The van der Waals surface area contributed by atoms with Crippen molar-refractivity contribution in [3.63, 3.8) is 0 Å². The van der Waals surface area contributed by atoms with E-state index < -0.39 is 0 Å². The van der Waals surface area contributed by atoms with E-state index in [1.807, 2.05) is 37.3 Å². The summed E-state index contributed by atoms with van der Waals surface area (Å²) >= 11 is 0. The van der Waals surface area contributed by atoms with E-state index >= 15 is 0 Å². The summed E-state index contributed by atoms with van der Waals surface area (Å²) in [5, 5.41) is 0. The number of amides is 1. The summed E-state index contributed by atoms with van der Waals surface area (Å²) < 4.78 is 19.7. The molecule has 1 aliphatic heterocycles. The number of para-hydroxylation sites is 1. The minimum absolute atomic E-state index is 0.00386. The number of benzene rings is 2. The SMILES string of the molecule is CC(=O)N1c2ccc(F)cc2[C@@H](Oc2ccccc2)C[C@H]1C. The fourth-order valence-corrected chi connectivity index (χ4v) is 3.04. The van der Waals surface area contributed by atoms with E-state index in [2.05, 4.69) is 0 Å². The van der Waals surface area contributed by atoms with Gasteiger partial charge in [-0.3, -0.25) is 4.79 Å². The second-order valence-corrected chi connectivity index (χ2v) is 5.60. The Morgan fingerprint density at radius 3 is 2.64 bits per heavy atom. The molecule has 2 atom stereocenters. The van der Waals surface area contributed by atoms with E-state index in [0.29, 0.717) is 6.42 Å². The van der Waals surface area contributed by atoms with Crippen LogP contribution in [-0.2, 0) is 4.79 Å². The third-order valence-electron chi connectivity index (χ3n) is 3.95. The Hall–Kier alpha value is -2.36. The number of carbonyl (C=O) groups is 1. The molecular weight excluding hydrogens is 281 g/mol. The zero-order valence-corrected chi connectivity index (χ0v) is 12.6. The van der Waals surface area contributed by atoms with Crippen LogP contribution in [0.25, 0.3) is 0 Å². The lowest BCUT2D eigenvalue weighted by molar-refractivity contribution is -0.117. The van der Waals surface area contributed by atoms with Gasteiger partial charge >= 0.3 is 0 Å². The monoisotopic (exact) mass is 299 g/mol. The van der Waals surface area contributed by atoms with Crippen LogP contribution in [0.4, 0.5) is 10.1 Å². The fourth-order valence-electron chi connectivity index (χ4n) is 3.04. The Morgan fingerprint density at radius 1 is 1.23 bits per heavy atom. The molecule has 0 unspecified atom stereocenters. The standard InChI is InChI=1S/C18H18FNO2/c1-12-10-18(22-15-6-4-3-5-7-15)16-11-14(19)8-9-17(16)20(12)13(2)21/h3-9,11-12,18H,10H2,1-2H3/t12-,18+/m1/s1. The van der Waals surface area contributed by atoms with Gasteiger partial charge < -0.3 is 9.64 Å². The highest BCUT2D eigenvalue weighted by Crippen LogP contribution is 2.40. The van der Waals surface area contributed by atoms with Gasteiger partial charge in [0.05, 0.1) is 5.69 Å². The molecule has 0 radical (unpaired) electrons. The minimum atomic E-state index is -0.321. The second kappa shape index (κ2) is 5.79. The van der Waals surface area contributed by atoms with Gasteiger partial charge in [0.2, 0.25) is 5.91 Å². The molecule has 2 aromatic rings. The average molecular weight is 299 g/mol. The van der Waals surface area contributed by atoms with Crippen LogP contribution in [0.3, 0.4) is 0 Å². The molecule has 0 aliphatic carbocycles. The third-order valence-corrected chi connectivity index (χ3v) is 3.95. The molecule has 114 valence electrons. The molecule has 3 nitrogen and oxygen atoms in total. The number of ether oxygens (including phenoxy) is 1. The maximum Gasteiger partial charge on any atom is 0.224 e. The number of hydrogen-bond donors (Lipinski definition) is 0. The van der Waals surface area contributed by atoms with Crippen molar-refractivity contribution in [1.82, 2.24) is 0 Å². The Morgan fingerprint density at radius 2 is 1.95 bits per heavy atom. The van der Waals surface area contributed by atoms with Crippen molar-refractivity contribution in [3.8, 4) is 5.75 Å². The second-order valence-electron chi connectivity index (χ2n) is 5.60. The lowest BCUT2D eigenvalue weighted by Crippen LogP contribution is -2.42. The van der Waals surface area contributed by atoms with Gasteiger partial charge in [0.25, 0.3) is 0 Å². The first-order chi connectivity index (χ1) is 10.6. The first-order valence-corrected chi connectivity index (χ1v) is 7.37. The van der Waals surface area contributed by atoms with Gasteiger partial charge in [0, 0.05) is 24.9 Å². The zero-order chi connectivity index (χ0) is 15.7. The molecule has 1 amide bonds. The largest absolute Gasteiger partial charge is 0.486 e. The Balaban J connectivity index is 2.00. The van der Waals surface area contributed by atoms with Gasteiger partial charge in [-0.1, -0.05) is 18.2 Å². The fraction of sp³-hybridized carbons (Fsp3) is 0.278. The zero-order valence-electron chi connectivity index (χ0n) is 12.6. The van der Waals surface area contributed by atoms with Gasteiger partial charge in [0.15, 0.2) is 0 Å². The minimum Gasteiger partial charge on any atom is -0.486 e. The lowest BCUT2D eigenvalue weighted by Gasteiger charge is -2.38. The van der Waals surface area contributed by atoms with Crippen molar-refractivity contribution in [2.45, 2.75) is 32.4 Å². The average Bonchev–Trinajstić information content (AvgIpc) is 2.48. The van der Waals surface area contributed by atoms with Gasteiger partial charge in [-0.05, 0) is 37.3 Å². The van der Waals surface area contributed by atoms with Crippen molar-refractivity contribution < 1.29 is 13.9 Å². The molecule has 0 spiro atoms. The van der Waals surface area contributed by atoms with Crippen LogP contribution in [-0.4, -0.2) is 11.9 Å². The van der Waals surface area contributed by atoms with E-state index in [9.17, 15) is 9.18 Å². The Labute approximate surface area is 129 Å². The van der Waals surface area contributed by atoms with Crippen molar-refractivity contribution in [2.75, 3.05) is 4.90 Å². The number of hydrogen-bond acceptors (Lipinski definition) is 2. The third kappa shape index (κ3) is 2.69.